The highest BCUT2D eigenvalue weighted by Crippen LogP contribution is 2.06. The van der Waals surface area contributed by atoms with Crippen molar-refractivity contribution in [1.82, 2.24) is 16.0 Å². The zero-order chi connectivity index (χ0) is 23.6. The van der Waals surface area contributed by atoms with Crippen LogP contribution in [-0.4, -0.2) is 81.0 Å². The fraction of sp³-hybridized carbons (Fsp3) is 0.706. The van der Waals surface area contributed by atoms with E-state index in [1.54, 1.807) is 13.8 Å². The molecule has 0 aromatic heterocycles. The van der Waals surface area contributed by atoms with Gasteiger partial charge in [-0.1, -0.05) is 13.8 Å². The van der Waals surface area contributed by atoms with E-state index in [9.17, 15) is 34.2 Å². The first-order chi connectivity index (χ1) is 13.8. The van der Waals surface area contributed by atoms with E-state index in [4.69, 9.17) is 10.8 Å². The second-order valence-electron chi connectivity index (χ2n) is 7.08. The minimum Gasteiger partial charge on any atom is -0.481 e. The lowest BCUT2D eigenvalue weighted by atomic mass is 10.0. The third kappa shape index (κ3) is 9.41. The number of carboxylic acid groups (broad SMARTS) is 2. The number of amides is 3. The van der Waals surface area contributed by atoms with Crippen LogP contribution in [0.3, 0.4) is 0 Å². The first-order valence-electron chi connectivity index (χ1n) is 9.22. The summed E-state index contributed by atoms with van der Waals surface area (Å²) in [6, 6.07) is -5.11. The number of aliphatic carboxylic acids is 2. The summed E-state index contributed by atoms with van der Waals surface area (Å²) < 4.78 is 0. The van der Waals surface area contributed by atoms with Gasteiger partial charge in [-0.05, 0) is 19.3 Å². The molecule has 30 heavy (non-hydrogen) atoms. The van der Waals surface area contributed by atoms with Crippen molar-refractivity contribution >= 4 is 42.3 Å². The third-order valence-corrected chi connectivity index (χ3v) is 4.50. The van der Waals surface area contributed by atoms with Crippen molar-refractivity contribution in [1.29, 1.82) is 0 Å². The van der Waals surface area contributed by atoms with E-state index in [1.807, 2.05) is 0 Å². The van der Waals surface area contributed by atoms with Crippen LogP contribution in [0.4, 0.5) is 0 Å². The molecule has 8 N–H and O–H groups in total. The maximum absolute atomic E-state index is 12.6. The molecule has 0 saturated heterocycles. The Morgan fingerprint density at radius 2 is 1.40 bits per heavy atom. The Bertz CT molecular complexity index is 643. The molecule has 3 amide bonds. The lowest BCUT2D eigenvalue weighted by Crippen LogP contribution is -2.60. The maximum atomic E-state index is 12.6. The number of aliphatic hydroxyl groups excluding tert-OH is 1. The topological polar surface area (TPSA) is 208 Å². The number of carbonyl (C=O) groups is 5. The Hall–Kier alpha value is -2.38. The first-order valence-corrected chi connectivity index (χ1v) is 9.85. The van der Waals surface area contributed by atoms with Crippen molar-refractivity contribution in [3.05, 3.63) is 0 Å². The molecule has 5 unspecified atom stereocenters. The maximum Gasteiger partial charge on any atom is 0.326 e. The van der Waals surface area contributed by atoms with Crippen molar-refractivity contribution in [2.75, 3.05) is 5.75 Å². The number of aliphatic hydroxyl groups is 1. The van der Waals surface area contributed by atoms with Crippen LogP contribution in [0.15, 0.2) is 0 Å². The Morgan fingerprint density at radius 1 is 0.900 bits per heavy atom. The summed E-state index contributed by atoms with van der Waals surface area (Å²) in [6.45, 7) is 4.43. The summed E-state index contributed by atoms with van der Waals surface area (Å²) in [4.78, 5) is 59.0. The minimum atomic E-state index is -1.47. The molecular formula is C17H30N4O8S. The highest BCUT2D eigenvalue weighted by molar-refractivity contribution is 7.80. The number of thiol groups is 1. The smallest absolute Gasteiger partial charge is 0.326 e. The second-order valence-corrected chi connectivity index (χ2v) is 7.44. The zero-order valence-electron chi connectivity index (χ0n) is 17.0. The first kappa shape index (κ1) is 27.6. The summed E-state index contributed by atoms with van der Waals surface area (Å²) in [5.74, 6) is -5.59. The van der Waals surface area contributed by atoms with Crippen LogP contribution >= 0.6 is 12.6 Å². The summed E-state index contributed by atoms with van der Waals surface area (Å²) in [7, 11) is 0. The predicted molar refractivity (Wildman–Crippen MR) is 109 cm³/mol. The average Bonchev–Trinajstić information content (AvgIpc) is 2.64. The summed E-state index contributed by atoms with van der Waals surface area (Å²) in [5.41, 5.74) is 5.53. The Morgan fingerprint density at radius 3 is 1.80 bits per heavy atom. The number of rotatable bonds is 13. The Kier molecular flexibility index (Phi) is 12.0. The molecule has 0 aromatic carbocycles. The van der Waals surface area contributed by atoms with Gasteiger partial charge in [0.1, 0.15) is 18.1 Å². The van der Waals surface area contributed by atoms with Gasteiger partial charge in [-0.2, -0.15) is 12.6 Å². The molecule has 0 spiro atoms. The Balaban J connectivity index is 5.32. The number of hydrogen-bond donors (Lipinski definition) is 8. The highest BCUT2D eigenvalue weighted by Gasteiger charge is 2.33. The van der Waals surface area contributed by atoms with Gasteiger partial charge in [0.25, 0.3) is 0 Å². The minimum absolute atomic E-state index is 0.00390. The van der Waals surface area contributed by atoms with E-state index in [0.717, 1.165) is 0 Å². The van der Waals surface area contributed by atoms with E-state index in [1.165, 1.54) is 6.92 Å². The van der Waals surface area contributed by atoms with Crippen molar-refractivity contribution in [2.45, 2.75) is 63.9 Å². The van der Waals surface area contributed by atoms with Gasteiger partial charge in [-0.3, -0.25) is 19.2 Å². The number of nitrogens with two attached hydrogens (primary N) is 1. The van der Waals surface area contributed by atoms with Crippen LogP contribution < -0.4 is 21.7 Å². The van der Waals surface area contributed by atoms with Crippen LogP contribution in [0.1, 0.15) is 33.6 Å². The van der Waals surface area contributed by atoms with Crippen LogP contribution in [0, 0.1) is 5.92 Å². The Labute approximate surface area is 179 Å². The van der Waals surface area contributed by atoms with E-state index in [2.05, 4.69) is 28.6 Å². The van der Waals surface area contributed by atoms with Crippen molar-refractivity contribution in [3.8, 4) is 0 Å². The predicted octanol–water partition coefficient (Wildman–Crippen LogP) is -2.32. The molecule has 5 atom stereocenters. The van der Waals surface area contributed by atoms with E-state index in [0.29, 0.717) is 0 Å². The van der Waals surface area contributed by atoms with Gasteiger partial charge >= 0.3 is 11.9 Å². The largest absolute Gasteiger partial charge is 0.481 e. The van der Waals surface area contributed by atoms with Crippen LogP contribution in [0.25, 0.3) is 0 Å². The summed E-state index contributed by atoms with van der Waals surface area (Å²) >= 11 is 3.88. The summed E-state index contributed by atoms with van der Waals surface area (Å²) in [6.07, 6.45) is -2.14. The quantitative estimate of drug-likeness (QED) is 0.141. The van der Waals surface area contributed by atoms with Crippen LogP contribution in [-0.2, 0) is 24.0 Å². The number of hydrogen-bond acceptors (Lipinski definition) is 8. The van der Waals surface area contributed by atoms with Crippen molar-refractivity contribution < 1.29 is 39.3 Å². The zero-order valence-corrected chi connectivity index (χ0v) is 17.9. The molecule has 0 saturated carbocycles. The average molecular weight is 451 g/mol. The molecule has 0 fully saturated rings. The second kappa shape index (κ2) is 13.0. The number of carbonyl (C=O) groups excluding carboxylic acids is 3. The lowest BCUT2D eigenvalue weighted by Gasteiger charge is -2.28. The molecule has 172 valence electrons. The third-order valence-electron chi connectivity index (χ3n) is 4.10. The van der Waals surface area contributed by atoms with Gasteiger partial charge < -0.3 is 37.0 Å². The lowest BCUT2D eigenvalue weighted by molar-refractivity contribution is -0.143. The number of carboxylic acids is 2. The molecule has 0 heterocycles. The molecule has 0 aliphatic heterocycles. The molecule has 13 heteroatoms. The molecule has 0 bridgehead atoms. The molecule has 0 rings (SSSR count). The molecule has 0 aliphatic rings. The highest BCUT2D eigenvalue weighted by atomic mass is 32.1. The van der Waals surface area contributed by atoms with E-state index in [-0.39, 0.29) is 12.2 Å². The van der Waals surface area contributed by atoms with Gasteiger partial charge in [0, 0.05) is 12.2 Å². The fourth-order valence-corrected chi connectivity index (χ4v) is 2.48. The van der Waals surface area contributed by atoms with Crippen molar-refractivity contribution in [3.63, 3.8) is 0 Å². The molecule has 0 aliphatic carbocycles. The van der Waals surface area contributed by atoms with Crippen molar-refractivity contribution in [2.24, 2.45) is 11.7 Å². The van der Waals surface area contributed by atoms with E-state index < -0.39 is 72.3 Å². The van der Waals surface area contributed by atoms with Gasteiger partial charge in [0.05, 0.1) is 12.1 Å². The standard InChI is InChI=1S/C17H30N4O8S/c1-7(2)12(15(26)19-10(17(28)29)4-5-11(23)24)20-16(27)13(8(3)22)21-14(25)9(18)6-30/h7-10,12-13,22,30H,4-6,18H2,1-3H3,(H,19,26)(H,20,27)(H,21,25)(H,23,24)(H,28,29). The molecule has 0 aromatic rings. The van der Waals surface area contributed by atoms with Crippen LogP contribution in [0.2, 0.25) is 0 Å². The fourth-order valence-electron chi connectivity index (χ4n) is 2.31. The van der Waals surface area contributed by atoms with Gasteiger partial charge in [0.15, 0.2) is 0 Å². The van der Waals surface area contributed by atoms with Gasteiger partial charge in [-0.25, -0.2) is 4.79 Å². The molecule has 12 nitrogen and oxygen atoms in total. The monoisotopic (exact) mass is 450 g/mol. The van der Waals surface area contributed by atoms with Gasteiger partial charge in [-0.15, -0.1) is 0 Å². The molecular weight excluding hydrogens is 420 g/mol. The number of nitrogens with one attached hydrogen (secondary N) is 3. The molecule has 0 radical (unpaired) electrons. The van der Waals surface area contributed by atoms with Crippen LogP contribution in [0.5, 0.6) is 0 Å². The van der Waals surface area contributed by atoms with Gasteiger partial charge in [0.2, 0.25) is 17.7 Å². The summed E-state index contributed by atoms with van der Waals surface area (Å²) in [5, 5.41) is 34.6. The normalized spacial score (nSPS) is 16.0. The SMILES string of the molecule is CC(C)C(NC(=O)C(NC(=O)C(N)CS)C(C)O)C(=O)NC(CCC(=O)O)C(=O)O. The van der Waals surface area contributed by atoms with E-state index >= 15 is 0 Å².